The third kappa shape index (κ3) is 2.92. The number of amides is 1. The van der Waals surface area contributed by atoms with Gasteiger partial charge in [-0.05, 0) is 36.1 Å². The summed E-state index contributed by atoms with van der Waals surface area (Å²) in [6.45, 7) is 0. The van der Waals surface area contributed by atoms with E-state index >= 15 is 0 Å². The highest BCUT2D eigenvalue weighted by Gasteiger charge is 2.45. The molecule has 0 spiro atoms. The molecule has 0 saturated heterocycles. The fraction of sp³-hybridized carbons (Fsp3) is 0.167. The van der Waals surface area contributed by atoms with Crippen molar-refractivity contribution < 1.29 is 9.18 Å². The minimum atomic E-state index is -0.246. The molecule has 1 aromatic carbocycles. The van der Waals surface area contributed by atoms with Crippen molar-refractivity contribution in [1.82, 2.24) is 9.97 Å². The Morgan fingerprint density at radius 3 is 2.79 bits per heavy atom. The van der Waals surface area contributed by atoms with Crippen LogP contribution in [-0.4, -0.2) is 15.9 Å². The number of nitrogens with one attached hydrogen (secondary N) is 1. The molecule has 6 heteroatoms. The lowest BCUT2D eigenvalue weighted by atomic mass is 10.1. The summed E-state index contributed by atoms with van der Waals surface area (Å²) in [5.74, 6) is -0.583. The lowest BCUT2D eigenvalue weighted by Gasteiger charge is -2.03. The molecule has 1 aliphatic rings. The largest absolute Gasteiger partial charge is 0.302 e. The van der Waals surface area contributed by atoms with Crippen molar-refractivity contribution in [3.8, 4) is 11.4 Å². The topological polar surface area (TPSA) is 54.9 Å². The second-order valence-electron chi connectivity index (χ2n) is 5.71. The van der Waals surface area contributed by atoms with Crippen LogP contribution in [0.2, 0.25) is 0 Å². The zero-order valence-corrected chi connectivity index (χ0v) is 13.5. The van der Waals surface area contributed by atoms with Crippen LogP contribution in [0.3, 0.4) is 0 Å². The van der Waals surface area contributed by atoms with Gasteiger partial charge >= 0.3 is 0 Å². The van der Waals surface area contributed by atoms with Crippen molar-refractivity contribution in [2.75, 3.05) is 5.32 Å². The van der Waals surface area contributed by atoms with Crippen LogP contribution in [0.4, 0.5) is 9.52 Å². The monoisotopic (exact) mass is 339 g/mol. The van der Waals surface area contributed by atoms with E-state index in [-0.39, 0.29) is 23.6 Å². The highest BCUT2D eigenvalue weighted by molar-refractivity contribution is 7.14. The van der Waals surface area contributed by atoms with Gasteiger partial charge in [0.25, 0.3) is 0 Å². The Balaban J connectivity index is 1.43. The Morgan fingerprint density at radius 2 is 2.00 bits per heavy atom. The summed E-state index contributed by atoms with van der Waals surface area (Å²) in [5, 5.41) is 5.23. The number of aromatic nitrogens is 2. The molecule has 1 fully saturated rings. The first kappa shape index (κ1) is 15.0. The second kappa shape index (κ2) is 6.13. The summed E-state index contributed by atoms with van der Waals surface area (Å²) in [6, 6.07) is 12.2. The summed E-state index contributed by atoms with van der Waals surface area (Å²) < 4.78 is 13.8. The van der Waals surface area contributed by atoms with Crippen LogP contribution in [0.15, 0.2) is 54.0 Å². The summed E-state index contributed by atoms with van der Waals surface area (Å²) in [7, 11) is 0. The highest BCUT2D eigenvalue weighted by atomic mass is 32.1. The number of pyridine rings is 1. The third-order valence-electron chi connectivity index (χ3n) is 4.09. The van der Waals surface area contributed by atoms with Gasteiger partial charge in [0.1, 0.15) is 11.5 Å². The van der Waals surface area contributed by atoms with E-state index in [4.69, 9.17) is 0 Å². The highest BCUT2D eigenvalue weighted by Crippen LogP contribution is 2.48. The minimum Gasteiger partial charge on any atom is -0.302 e. The first-order valence-corrected chi connectivity index (χ1v) is 8.52. The van der Waals surface area contributed by atoms with E-state index in [1.807, 2.05) is 23.6 Å². The van der Waals surface area contributed by atoms with Gasteiger partial charge in [0, 0.05) is 17.5 Å². The molecule has 120 valence electrons. The van der Waals surface area contributed by atoms with E-state index in [2.05, 4.69) is 15.3 Å². The van der Waals surface area contributed by atoms with Crippen molar-refractivity contribution in [2.45, 2.75) is 12.3 Å². The molecule has 0 radical (unpaired) electrons. The molecule has 0 bridgehead atoms. The maximum absolute atomic E-state index is 13.8. The number of rotatable bonds is 4. The zero-order chi connectivity index (χ0) is 16.5. The number of carbonyl (C=O) groups excluding carboxylic acids is 1. The van der Waals surface area contributed by atoms with Gasteiger partial charge in [0.05, 0.1) is 5.69 Å². The van der Waals surface area contributed by atoms with Gasteiger partial charge in [-0.3, -0.25) is 9.78 Å². The number of nitrogens with zero attached hydrogens (tertiary/aromatic N) is 2. The van der Waals surface area contributed by atoms with Crippen molar-refractivity contribution in [2.24, 2.45) is 5.92 Å². The molecule has 1 aliphatic carbocycles. The molecule has 4 rings (SSSR count). The molecule has 0 aliphatic heterocycles. The molecule has 3 aromatic rings. The Morgan fingerprint density at radius 1 is 1.17 bits per heavy atom. The number of hydrogen-bond donors (Lipinski definition) is 1. The van der Waals surface area contributed by atoms with E-state index in [0.717, 1.165) is 11.4 Å². The first-order chi connectivity index (χ1) is 11.7. The standard InChI is InChI=1S/C18H14FN3OS/c19-14-6-2-1-5-11(14)12-9-13(12)17(23)22-18-21-16(10-24-18)15-7-3-4-8-20-15/h1-8,10,12-13H,9H2,(H,21,22,23)/t12-,13+/m0/s1. The molecule has 2 aromatic heterocycles. The molecular weight excluding hydrogens is 325 g/mol. The van der Waals surface area contributed by atoms with Gasteiger partial charge in [-0.2, -0.15) is 0 Å². The van der Waals surface area contributed by atoms with Gasteiger partial charge in [-0.25, -0.2) is 9.37 Å². The lowest BCUT2D eigenvalue weighted by molar-refractivity contribution is -0.117. The number of anilines is 1. The molecule has 24 heavy (non-hydrogen) atoms. The number of hydrogen-bond acceptors (Lipinski definition) is 4. The zero-order valence-electron chi connectivity index (χ0n) is 12.6. The lowest BCUT2D eigenvalue weighted by Crippen LogP contribution is -2.14. The Kier molecular flexibility index (Phi) is 3.82. The molecule has 1 saturated carbocycles. The van der Waals surface area contributed by atoms with Crippen LogP contribution in [0.5, 0.6) is 0 Å². The van der Waals surface area contributed by atoms with Crippen LogP contribution in [-0.2, 0) is 4.79 Å². The van der Waals surface area contributed by atoms with Gasteiger partial charge < -0.3 is 5.32 Å². The summed E-state index contributed by atoms with van der Waals surface area (Å²) >= 11 is 1.36. The number of halogens is 1. The van der Waals surface area contributed by atoms with Crippen molar-refractivity contribution in [3.63, 3.8) is 0 Å². The summed E-state index contributed by atoms with van der Waals surface area (Å²) in [5.41, 5.74) is 2.12. The molecule has 1 N–H and O–H groups in total. The SMILES string of the molecule is O=C(Nc1nc(-c2ccccn2)cs1)[C@@H]1C[C@H]1c1ccccc1F. The molecule has 2 heterocycles. The van der Waals surface area contributed by atoms with Gasteiger partial charge in [-0.1, -0.05) is 24.3 Å². The predicted molar refractivity (Wildman–Crippen MR) is 91.2 cm³/mol. The smallest absolute Gasteiger partial charge is 0.229 e. The van der Waals surface area contributed by atoms with E-state index in [1.54, 1.807) is 24.4 Å². The van der Waals surface area contributed by atoms with Crippen molar-refractivity contribution in [3.05, 3.63) is 65.4 Å². The maximum Gasteiger partial charge on any atom is 0.229 e. The van der Waals surface area contributed by atoms with Crippen LogP contribution >= 0.6 is 11.3 Å². The van der Waals surface area contributed by atoms with Gasteiger partial charge in [0.2, 0.25) is 5.91 Å². The predicted octanol–water partition coefficient (Wildman–Crippen LogP) is 4.09. The first-order valence-electron chi connectivity index (χ1n) is 7.64. The fourth-order valence-corrected chi connectivity index (χ4v) is 3.47. The molecule has 2 atom stereocenters. The number of thiazole rings is 1. The summed E-state index contributed by atoms with van der Waals surface area (Å²) in [4.78, 5) is 21.0. The fourth-order valence-electron chi connectivity index (χ4n) is 2.77. The van der Waals surface area contributed by atoms with E-state index in [0.29, 0.717) is 17.1 Å². The van der Waals surface area contributed by atoms with Crippen molar-refractivity contribution >= 4 is 22.4 Å². The Hall–Kier alpha value is -2.60. The van der Waals surface area contributed by atoms with Crippen molar-refractivity contribution in [1.29, 1.82) is 0 Å². The molecular formula is C18H14FN3OS. The van der Waals surface area contributed by atoms with Crippen LogP contribution in [0, 0.1) is 11.7 Å². The normalized spacial score (nSPS) is 19.0. The van der Waals surface area contributed by atoms with Crippen LogP contribution < -0.4 is 5.32 Å². The molecule has 4 nitrogen and oxygen atoms in total. The Bertz CT molecular complexity index is 881. The van der Waals surface area contributed by atoms with E-state index in [1.165, 1.54) is 17.4 Å². The van der Waals surface area contributed by atoms with Gasteiger partial charge in [-0.15, -0.1) is 11.3 Å². The molecule has 1 amide bonds. The average Bonchev–Trinajstić information content (AvgIpc) is 3.27. The van der Waals surface area contributed by atoms with E-state index in [9.17, 15) is 9.18 Å². The van der Waals surface area contributed by atoms with E-state index < -0.39 is 0 Å². The average molecular weight is 339 g/mol. The number of carbonyl (C=O) groups is 1. The maximum atomic E-state index is 13.8. The summed E-state index contributed by atoms with van der Waals surface area (Å²) in [6.07, 6.45) is 2.38. The third-order valence-corrected chi connectivity index (χ3v) is 4.85. The van der Waals surface area contributed by atoms with Gasteiger partial charge in [0.15, 0.2) is 5.13 Å². The quantitative estimate of drug-likeness (QED) is 0.779. The Labute approximate surface area is 142 Å². The van der Waals surface area contributed by atoms with Crippen LogP contribution in [0.1, 0.15) is 17.9 Å². The second-order valence-corrected chi connectivity index (χ2v) is 6.57. The van der Waals surface area contributed by atoms with Crippen LogP contribution in [0.25, 0.3) is 11.4 Å². The number of benzene rings is 1. The minimum absolute atomic E-state index is 0.0403. The molecule has 0 unspecified atom stereocenters.